The molecule has 0 N–H and O–H groups in total. The maximum absolute atomic E-state index is 14.0. The molecular weight excluding hydrogens is 400 g/mol. The highest BCUT2D eigenvalue weighted by Gasteiger charge is 2.33. The zero-order valence-corrected chi connectivity index (χ0v) is 16.5. The van der Waals surface area contributed by atoms with Crippen LogP contribution < -0.4 is 0 Å². The third kappa shape index (κ3) is 3.92. The zero-order chi connectivity index (χ0) is 20.6. The van der Waals surface area contributed by atoms with Crippen LogP contribution in [0.2, 0.25) is 0 Å². The third-order valence-corrected chi connectivity index (χ3v) is 6.97. The van der Waals surface area contributed by atoms with Crippen LogP contribution in [0.1, 0.15) is 30.1 Å². The Balaban J connectivity index is 1.47. The molecule has 0 unspecified atom stereocenters. The summed E-state index contributed by atoms with van der Waals surface area (Å²) in [7, 11) is -4.03. The number of nitrogens with zero attached hydrogens (tertiary/aromatic N) is 3. The Morgan fingerprint density at radius 2 is 1.86 bits per heavy atom. The Labute approximate surface area is 167 Å². The van der Waals surface area contributed by atoms with E-state index in [1.54, 1.807) is 0 Å². The molecule has 1 fully saturated rings. The number of piperidine rings is 1. The van der Waals surface area contributed by atoms with Crippen LogP contribution in [0.4, 0.5) is 8.78 Å². The molecule has 1 aliphatic rings. The van der Waals surface area contributed by atoms with Crippen molar-refractivity contribution in [3.05, 3.63) is 65.5 Å². The molecule has 1 aromatic heterocycles. The molecule has 0 bridgehead atoms. The summed E-state index contributed by atoms with van der Waals surface area (Å²) in [6.07, 6.45) is 0.962. The van der Waals surface area contributed by atoms with Gasteiger partial charge in [-0.1, -0.05) is 22.9 Å². The number of sulfonamides is 1. The van der Waals surface area contributed by atoms with Gasteiger partial charge in [-0.3, -0.25) is 0 Å². The molecule has 2 heterocycles. The van der Waals surface area contributed by atoms with Gasteiger partial charge < -0.3 is 4.52 Å². The lowest BCUT2D eigenvalue weighted by Crippen LogP contribution is -2.38. The summed E-state index contributed by atoms with van der Waals surface area (Å²) < 4.78 is 59.0. The van der Waals surface area contributed by atoms with Gasteiger partial charge in [0.1, 0.15) is 16.5 Å². The van der Waals surface area contributed by atoms with Crippen LogP contribution in [-0.4, -0.2) is 36.0 Å². The number of benzene rings is 2. The van der Waals surface area contributed by atoms with Crippen LogP contribution in [-0.2, 0) is 10.0 Å². The SMILES string of the molecule is Cc1cccc(-c2nc(C3CCN(S(=O)(=O)c4ccc(F)cc4F)CC3)no2)c1. The zero-order valence-electron chi connectivity index (χ0n) is 15.7. The lowest BCUT2D eigenvalue weighted by molar-refractivity contribution is 0.306. The normalized spacial score (nSPS) is 16.2. The van der Waals surface area contributed by atoms with Gasteiger partial charge in [-0.2, -0.15) is 9.29 Å². The van der Waals surface area contributed by atoms with Gasteiger partial charge in [0.2, 0.25) is 10.0 Å². The highest BCUT2D eigenvalue weighted by Crippen LogP contribution is 2.31. The first-order valence-electron chi connectivity index (χ1n) is 9.20. The van der Waals surface area contributed by atoms with Gasteiger partial charge in [-0.05, 0) is 44.0 Å². The average molecular weight is 419 g/mol. The van der Waals surface area contributed by atoms with E-state index in [2.05, 4.69) is 10.1 Å². The van der Waals surface area contributed by atoms with Crippen LogP contribution in [0.25, 0.3) is 11.5 Å². The Morgan fingerprint density at radius 1 is 1.10 bits per heavy atom. The summed E-state index contributed by atoms with van der Waals surface area (Å²) in [4.78, 5) is 3.95. The summed E-state index contributed by atoms with van der Waals surface area (Å²) in [6, 6.07) is 10.2. The second-order valence-corrected chi connectivity index (χ2v) is 8.99. The van der Waals surface area contributed by atoms with Crippen molar-refractivity contribution in [1.82, 2.24) is 14.4 Å². The van der Waals surface area contributed by atoms with Crippen LogP contribution in [0, 0.1) is 18.6 Å². The van der Waals surface area contributed by atoms with E-state index >= 15 is 0 Å². The molecule has 29 heavy (non-hydrogen) atoms. The van der Waals surface area contributed by atoms with Crippen molar-refractivity contribution in [3.63, 3.8) is 0 Å². The van der Waals surface area contributed by atoms with Crippen LogP contribution >= 0.6 is 0 Å². The second-order valence-electron chi connectivity index (χ2n) is 7.08. The molecule has 0 aliphatic carbocycles. The van der Waals surface area contributed by atoms with Gasteiger partial charge in [0, 0.05) is 30.6 Å². The molecule has 0 amide bonds. The first kappa shape index (κ1) is 19.7. The van der Waals surface area contributed by atoms with Crippen molar-refractivity contribution >= 4 is 10.0 Å². The minimum Gasteiger partial charge on any atom is -0.334 e. The van der Waals surface area contributed by atoms with Crippen molar-refractivity contribution in [2.45, 2.75) is 30.6 Å². The molecule has 2 aromatic carbocycles. The van der Waals surface area contributed by atoms with E-state index in [1.807, 2.05) is 31.2 Å². The van der Waals surface area contributed by atoms with E-state index in [0.717, 1.165) is 23.3 Å². The molecule has 0 atom stereocenters. The van der Waals surface area contributed by atoms with E-state index in [0.29, 0.717) is 30.6 Å². The second kappa shape index (κ2) is 7.64. The summed E-state index contributed by atoms with van der Waals surface area (Å²) in [5.41, 5.74) is 1.91. The molecule has 152 valence electrons. The average Bonchev–Trinajstić information content (AvgIpc) is 3.18. The number of halogens is 2. The summed E-state index contributed by atoms with van der Waals surface area (Å²) >= 11 is 0. The van der Waals surface area contributed by atoms with Crippen LogP contribution in [0.5, 0.6) is 0 Å². The van der Waals surface area contributed by atoms with Gasteiger partial charge in [0.25, 0.3) is 5.89 Å². The van der Waals surface area contributed by atoms with Crippen molar-refractivity contribution in [2.24, 2.45) is 0 Å². The Morgan fingerprint density at radius 3 is 2.55 bits per heavy atom. The first-order valence-corrected chi connectivity index (χ1v) is 10.6. The van der Waals surface area contributed by atoms with Crippen molar-refractivity contribution < 1.29 is 21.7 Å². The number of hydrogen-bond donors (Lipinski definition) is 0. The Kier molecular flexibility index (Phi) is 5.18. The molecule has 1 saturated heterocycles. The van der Waals surface area contributed by atoms with Gasteiger partial charge in [0.05, 0.1) is 0 Å². The lowest BCUT2D eigenvalue weighted by atomic mass is 9.97. The van der Waals surface area contributed by atoms with Gasteiger partial charge in [0.15, 0.2) is 5.82 Å². The maximum atomic E-state index is 14.0. The van der Waals surface area contributed by atoms with Crippen molar-refractivity contribution in [3.8, 4) is 11.5 Å². The molecule has 6 nitrogen and oxygen atoms in total. The van der Waals surface area contributed by atoms with E-state index in [1.165, 1.54) is 4.31 Å². The molecule has 1 aliphatic heterocycles. The number of aryl methyl sites for hydroxylation is 1. The number of rotatable bonds is 4. The molecule has 9 heteroatoms. The predicted molar refractivity (Wildman–Crippen MR) is 102 cm³/mol. The Hall–Kier alpha value is -2.65. The van der Waals surface area contributed by atoms with Gasteiger partial charge >= 0.3 is 0 Å². The summed E-state index contributed by atoms with van der Waals surface area (Å²) in [5.74, 6) is -1.00. The topological polar surface area (TPSA) is 76.3 Å². The molecule has 0 saturated carbocycles. The number of aromatic nitrogens is 2. The largest absolute Gasteiger partial charge is 0.334 e. The molecule has 3 aromatic rings. The van der Waals surface area contributed by atoms with Gasteiger partial charge in [-0.25, -0.2) is 17.2 Å². The molecule has 0 radical (unpaired) electrons. The third-order valence-electron chi connectivity index (χ3n) is 5.04. The highest BCUT2D eigenvalue weighted by atomic mass is 32.2. The molecule has 0 spiro atoms. The summed E-state index contributed by atoms with van der Waals surface area (Å²) in [5, 5.41) is 4.06. The number of hydrogen-bond acceptors (Lipinski definition) is 5. The van der Waals surface area contributed by atoms with Crippen LogP contribution in [0.3, 0.4) is 0 Å². The van der Waals surface area contributed by atoms with E-state index in [4.69, 9.17) is 4.52 Å². The molecule has 4 rings (SSSR count). The fraction of sp³-hybridized carbons (Fsp3) is 0.300. The van der Waals surface area contributed by atoms with E-state index < -0.39 is 26.6 Å². The molecular formula is C20H19F2N3O3S. The van der Waals surface area contributed by atoms with E-state index in [-0.39, 0.29) is 19.0 Å². The fourth-order valence-electron chi connectivity index (χ4n) is 3.47. The lowest BCUT2D eigenvalue weighted by Gasteiger charge is -2.29. The van der Waals surface area contributed by atoms with Crippen molar-refractivity contribution in [2.75, 3.05) is 13.1 Å². The summed E-state index contributed by atoms with van der Waals surface area (Å²) in [6.45, 7) is 2.36. The van der Waals surface area contributed by atoms with Gasteiger partial charge in [-0.15, -0.1) is 0 Å². The predicted octanol–water partition coefficient (Wildman–Crippen LogP) is 3.89. The first-order chi connectivity index (χ1) is 13.8. The smallest absolute Gasteiger partial charge is 0.257 e. The standard InChI is InChI=1S/C20H19F2N3O3S/c1-13-3-2-4-15(11-13)20-23-19(24-28-20)14-7-9-25(10-8-14)29(26,27)18-6-5-16(21)12-17(18)22/h2-6,11-12,14H,7-10H2,1H3. The minimum atomic E-state index is -4.03. The monoisotopic (exact) mass is 419 g/mol. The highest BCUT2D eigenvalue weighted by molar-refractivity contribution is 7.89. The Bertz CT molecular complexity index is 1140. The van der Waals surface area contributed by atoms with Crippen molar-refractivity contribution in [1.29, 1.82) is 0 Å². The van der Waals surface area contributed by atoms with Crippen LogP contribution in [0.15, 0.2) is 51.9 Å². The fourth-order valence-corrected chi connectivity index (χ4v) is 4.99. The maximum Gasteiger partial charge on any atom is 0.257 e. The van der Waals surface area contributed by atoms with E-state index in [9.17, 15) is 17.2 Å². The quantitative estimate of drug-likeness (QED) is 0.641. The minimum absolute atomic E-state index is 0.0539.